The molecule has 92 valence electrons. The summed E-state index contributed by atoms with van der Waals surface area (Å²) in [5.41, 5.74) is 2.70. The Balaban J connectivity index is 1.57. The first kappa shape index (κ1) is 10.9. The molecule has 0 radical (unpaired) electrons. The summed E-state index contributed by atoms with van der Waals surface area (Å²) in [7, 11) is 0. The van der Waals surface area contributed by atoms with E-state index in [0.29, 0.717) is 0 Å². The summed E-state index contributed by atoms with van der Waals surface area (Å²) in [6, 6.07) is 6.48. The van der Waals surface area contributed by atoms with E-state index >= 15 is 0 Å². The molecule has 1 aliphatic heterocycles. The van der Waals surface area contributed by atoms with Crippen molar-refractivity contribution in [3.05, 3.63) is 23.8 Å². The maximum Gasteiger partial charge on any atom is 0.121 e. The highest BCUT2D eigenvalue weighted by molar-refractivity contribution is 5.58. The largest absolute Gasteiger partial charge is 0.493 e. The minimum absolute atomic E-state index is 0.782. The lowest BCUT2D eigenvalue weighted by Crippen LogP contribution is -2.15. The predicted octanol–water partition coefficient (Wildman–Crippen LogP) is 3.61. The van der Waals surface area contributed by atoms with Crippen LogP contribution in [0.25, 0.3) is 0 Å². The van der Waals surface area contributed by atoms with Crippen LogP contribution in [0.5, 0.6) is 5.75 Å². The van der Waals surface area contributed by atoms with Crippen molar-refractivity contribution in [2.45, 2.75) is 38.5 Å². The number of rotatable bonds is 3. The first-order chi connectivity index (χ1) is 8.42. The number of hydrogen-bond donors (Lipinski definition) is 1. The van der Waals surface area contributed by atoms with Gasteiger partial charge in [-0.2, -0.15) is 0 Å². The molecular formula is C15H21NO. The molecule has 1 N–H and O–H groups in total. The van der Waals surface area contributed by atoms with Gasteiger partial charge < -0.3 is 10.1 Å². The van der Waals surface area contributed by atoms with E-state index in [1.54, 1.807) is 0 Å². The second-order valence-electron chi connectivity index (χ2n) is 5.31. The number of benzene rings is 1. The summed E-state index contributed by atoms with van der Waals surface area (Å²) in [5, 5.41) is 3.40. The van der Waals surface area contributed by atoms with Crippen molar-refractivity contribution in [3.63, 3.8) is 0 Å². The Hall–Kier alpha value is -1.18. The van der Waals surface area contributed by atoms with Gasteiger partial charge in [-0.3, -0.25) is 0 Å². The summed E-state index contributed by atoms with van der Waals surface area (Å²) < 4.78 is 5.93. The molecule has 1 heterocycles. The Kier molecular flexibility index (Phi) is 3.21. The molecule has 2 heteroatoms. The minimum atomic E-state index is 0.782. The first-order valence-corrected chi connectivity index (χ1v) is 6.91. The third-order valence-electron chi connectivity index (χ3n) is 4.00. The quantitative estimate of drug-likeness (QED) is 0.858. The number of hydrogen-bond acceptors (Lipinski definition) is 2. The first-order valence-electron chi connectivity index (χ1n) is 6.91. The maximum atomic E-state index is 5.93. The lowest BCUT2D eigenvalue weighted by atomic mass is 9.90. The lowest BCUT2D eigenvalue weighted by molar-refractivity contribution is 0.209. The summed E-state index contributed by atoms with van der Waals surface area (Å²) in [6.07, 6.45) is 8.05. The molecular weight excluding hydrogens is 210 g/mol. The fourth-order valence-corrected chi connectivity index (χ4v) is 2.93. The molecule has 1 saturated carbocycles. The van der Waals surface area contributed by atoms with Gasteiger partial charge in [0.1, 0.15) is 5.75 Å². The Labute approximate surface area is 103 Å². The molecule has 0 aromatic heterocycles. The van der Waals surface area contributed by atoms with Crippen LogP contribution < -0.4 is 10.1 Å². The molecule has 0 amide bonds. The van der Waals surface area contributed by atoms with E-state index in [9.17, 15) is 0 Å². The van der Waals surface area contributed by atoms with Crippen molar-refractivity contribution < 1.29 is 4.74 Å². The summed E-state index contributed by atoms with van der Waals surface area (Å²) >= 11 is 0. The molecule has 3 rings (SSSR count). The molecule has 0 unspecified atom stereocenters. The number of nitrogens with one attached hydrogen (secondary N) is 1. The molecule has 0 bridgehead atoms. The van der Waals surface area contributed by atoms with Crippen LogP contribution in [0, 0.1) is 5.92 Å². The average Bonchev–Trinajstić information content (AvgIpc) is 2.85. The van der Waals surface area contributed by atoms with E-state index in [1.807, 2.05) is 0 Å². The van der Waals surface area contributed by atoms with Crippen LogP contribution in [-0.4, -0.2) is 13.2 Å². The molecule has 17 heavy (non-hydrogen) atoms. The standard InChI is InChI=1S/C15H21NO/c1-2-4-12(5-3-1)11-17-14-7-6-13-8-9-16-15(13)10-14/h6-7,10,12,16H,1-5,8-9,11H2. The van der Waals surface area contributed by atoms with Gasteiger partial charge in [-0.15, -0.1) is 0 Å². The zero-order valence-corrected chi connectivity index (χ0v) is 10.4. The summed E-state index contributed by atoms with van der Waals surface area (Å²) in [4.78, 5) is 0. The van der Waals surface area contributed by atoms with Crippen LogP contribution in [0.2, 0.25) is 0 Å². The van der Waals surface area contributed by atoms with Crippen molar-refractivity contribution in [1.82, 2.24) is 0 Å². The van der Waals surface area contributed by atoms with Gasteiger partial charge in [-0.25, -0.2) is 0 Å². The highest BCUT2D eigenvalue weighted by atomic mass is 16.5. The van der Waals surface area contributed by atoms with E-state index in [2.05, 4.69) is 23.5 Å². The van der Waals surface area contributed by atoms with E-state index in [1.165, 1.54) is 43.4 Å². The fraction of sp³-hybridized carbons (Fsp3) is 0.600. The molecule has 1 aliphatic carbocycles. The van der Waals surface area contributed by atoms with Crippen LogP contribution >= 0.6 is 0 Å². The fourth-order valence-electron chi connectivity index (χ4n) is 2.93. The number of fused-ring (bicyclic) bond motifs is 1. The molecule has 0 spiro atoms. The van der Waals surface area contributed by atoms with Crippen molar-refractivity contribution in [3.8, 4) is 5.75 Å². The van der Waals surface area contributed by atoms with Crippen LogP contribution in [0.1, 0.15) is 37.7 Å². The minimum Gasteiger partial charge on any atom is -0.493 e. The van der Waals surface area contributed by atoms with Crippen molar-refractivity contribution >= 4 is 5.69 Å². The Bertz CT molecular complexity index is 383. The third-order valence-corrected chi connectivity index (χ3v) is 4.00. The van der Waals surface area contributed by atoms with Gasteiger partial charge in [-0.05, 0) is 36.8 Å². The highest BCUT2D eigenvalue weighted by Gasteiger charge is 2.15. The molecule has 1 fully saturated rings. The van der Waals surface area contributed by atoms with Gasteiger partial charge in [0.15, 0.2) is 0 Å². The van der Waals surface area contributed by atoms with Gasteiger partial charge >= 0.3 is 0 Å². The maximum absolute atomic E-state index is 5.93. The molecule has 2 aliphatic rings. The van der Waals surface area contributed by atoms with Crippen LogP contribution in [0.4, 0.5) is 5.69 Å². The average molecular weight is 231 g/mol. The van der Waals surface area contributed by atoms with E-state index in [4.69, 9.17) is 4.74 Å². The predicted molar refractivity (Wildman–Crippen MR) is 70.7 cm³/mol. The van der Waals surface area contributed by atoms with Crippen LogP contribution in [0.15, 0.2) is 18.2 Å². The topological polar surface area (TPSA) is 21.3 Å². The molecule has 1 aromatic rings. The highest BCUT2D eigenvalue weighted by Crippen LogP contribution is 2.28. The number of ether oxygens (including phenoxy) is 1. The molecule has 1 aromatic carbocycles. The van der Waals surface area contributed by atoms with Crippen LogP contribution in [0.3, 0.4) is 0 Å². The monoisotopic (exact) mass is 231 g/mol. The third kappa shape index (κ3) is 2.56. The van der Waals surface area contributed by atoms with E-state index in [0.717, 1.165) is 31.2 Å². The lowest BCUT2D eigenvalue weighted by Gasteiger charge is -2.21. The van der Waals surface area contributed by atoms with Crippen molar-refractivity contribution in [1.29, 1.82) is 0 Å². The van der Waals surface area contributed by atoms with Gasteiger partial charge in [-0.1, -0.05) is 25.3 Å². The molecule has 0 atom stereocenters. The van der Waals surface area contributed by atoms with Crippen LogP contribution in [-0.2, 0) is 6.42 Å². The normalized spacial score (nSPS) is 19.8. The zero-order chi connectivity index (χ0) is 11.5. The van der Waals surface area contributed by atoms with E-state index < -0.39 is 0 Å². The molecule has 2 nitrogen and oxygen atoms in total. The smallest absolute Gasteiger partial charge is 0.121 e. The zero-order valence-electron chi connectivity index (χ0n) is 10.4. The second kappa shape index (κ2) is 4.99. The summed E-state index contributed by atoms with van der Waals surface area (Å²) in [6.45, 7) is 1.97. The molecule has 0 saturated heterocycles. The van der Waals surface area contributed by atoms with E-state index in [-0.39, 0.29) is 0 Å². The second-order valence-corrected chi connectivity index (χ2v) is 5.31. The Morgan fingerprint density at radius 3 is 2.94 bits per heavy atom. The summed E-state index contributed by atoms with van der Waals surface area (Å²) in [5.74, 6) is 1.81. The van der Waals surface area contributed by atoms with Gasteiger partial charge in [0.05, 0.1) is 6.61 Å². The number of anilines is 1. The Morgan fingerprint density at radius 2 is 2.06 bits per heavy atom. The van der Waals surface area contributed by atoms with Crippen molar-refractivity contribution in [2.75, 3.05) is 18.5 Å². The van der Waals surface area contributed by atoms with Gasteiger partial charge in [0.25, 0.3) is 0 Å². The van der Waals surface area contributed by atoms with Gasteiger partial charge in [0, 0.05) is 18.3 Å². The SMILES string of the molecule is c1cc2c(cc1OCC1CCCCC1)NCC2. The van der Waals surface area contributed by atoms with Crippen molar-refractivity contribution in [2.24, 2.45) is 5.92 Å². The Morgan fingerprint density at radius 1 is 1.18 bits per heavy atom. The van der Waals surface area contributed by atoms with Gasteiger partial charge in [0.2, 0.25) is 0 Å².